The van der Waals surface area contributed by atoms with Crippen molar-refractivity contribution in [3.63, 3.8) is 0 Å². The van der Waals surface area contributed by atoms with E-state index >= 15 is 0 Å². The summed E-state index contributed by atoms with van der Waals surface area (Å²) in [5, 5.41) is 0. The first-order valence-corrected chi connectivity index (χ1v) is 16.2. The molecule has 9 rings (SSSR count). The molecule has 1 N–H and O–H groups in total. The SMILES string of the molecule is C1=Cc2cc3c(-c4ccccc4)c(-c4ccccc4)c(c(-c4ccccc4)c4nc(cc5ccc(cc1n2)[nH]5)C=C4)n3-c1ccccc1.[InH3]. The molecule has 4 nitrogen and oxygen atoms in total. The molecule has 2 aliphatic rings. The van der Waals surface area contributed by atoms with Gasteiger partial charge < -0.3 is 9.55 Å². The van der Waals surface area contributed by atoms with Gasteiger partial charge in [-0.05, 0) is 83.5 Å². The van der Waals surface area contributed by atoms with Crippen molar-refractivity contribution in [2.45, 2.75) is 0 Å². The fourth-order valence-corrected chi connectivity index (χ4v) is 6.81. The van der Waals surface area contributed by atoms with Gasteiger partial charge in [0, 0.05) is 33.4 Å². The van der Waals surface area contributed by atoms with E-state index in [4.69, 9.17) is 9.97 Å². The second-order valence-corrected chi connectivity index (χ2v) is 12.0. The maximum absolute atomic E-state index is 5.29. The second kappa shape index (κ2) is 13.1. The molecular formula is C44H33InN4. The summed E-state index contributed by atoms with van der Waals surface area (Å²) in [6.07, 6.45) is 8.44. The Labute approximate surface area is 303 Å². The van der Waals surface area contributed by atoms with Crippen LogP contribution in [0.5, 0.6) is 0 Å². The van der Waals surface area contributed by atoms with Gasteiger partial charge in [-0.2, -0.15) is 0 Å². The Bertz CT molecular complexity index is 2530. The number of H-pyrrole nitrogens is 1. The molecule has 4 aromatic carbocycles. The van der Waals surface area contributed by atoms with Crippen LogP contribution < -0.4 is 0 Å². The van der Waals surface area contributed by atoms with Crippen LogP contribution in [0.3, 0.4) is 0 Å². The van der Waals surface area contributed by atoms with Crippen molar-refractivity contribution in [2.75, 3.05) is 0 Å². The standard InChI is InChI=1S/C44H30N4.In.3H/c1-5-13-30(14-6-1)41-39-26-25-36(47-39)28-35-22-21-33(45-35)27-34-23-24-37(46-34)29-40-42(31-15-7-2-8-16-31)43(32-17-9-3-10-18-32)44(41)48(40)38-19-11-4-12-20-38;;;;/h1-29,45H;;;;. The zero-order valence-corrected chi connectivity index (χ0v) is 26.1. The van der Waals surface area contributed by atoms with Gasteiger partial charge in [0.25, 0.3) is 0 Å². The van der Waals surface area contributed by atoms with Crippen LogP contribution in [0.1, 0.15) is 22.8 Å². The maximum atomic E-state index is 5.29. The summed E-state index contributed by atoms with van der Waals surface area (Å²) in [5.41, 5.74) is 15.4. The number of para-hydroxylation sites is 1. The van der Waals surface area contributed by atoms with Gasteiger partial charge in [-0.1, -0.05) is 109 Å². The quantitative estimate of drug-likeness (QED) is 0.196. The molecule has 5 heterocycles. The number of hydrogen-bond donors (Lipinski definition) is 1. The molecule has 0 unspecified atom stereocenters. The van der Waals surface area contributed by atoms with Crippen molar-refractivity contribution in [1.29, 1.82) is 0 Å². The Kier molecular flexibility index (Phi) is 8.20. The number of nitrogens with one attached hydrogen (secondary N) is 1. The third-order valence-electron chi connectivity index (χ3n) is 8.87. The van der Waals surface area contributed by atoms with E-state index in [0.717, 1.165) is 83.9 Å². The van der Waals surface area contributed by atoms with Crippen LogP contribution in [0.2, 0.25) is 0 Å². The molecule has 0 amide bonds. The number of nitrogens with zero attached hydrogens (tertiary/aromatic N) is 3. The Morgan fingerprint density at radius 2 is 0.898 bits per heavy atom. The molecule has 0 radical (unpaired) electrons. The van der Waals surface area contributed by atoms with Crippen LogP contribution in [0.15, 0.2) is 152 Å². The van der Waals surface area contributed by atoms with Crippen molar-refractivity contribution < 1.29 is 0 Å². The van der Waals surface area contributed by atoms with Crippen LogP contribution in [-0.4, -0.2) is 45.4 Å². The third-order valence-corrected chi connectivity index (χ3v) is 8.87. The van der Waals surface area contributed by atoms with Crippen LogP contribution in [0, 0.1) is 0 Å². The average Bonchev–Trinajstić information content (AvgIpc) is 3.95. The molecule has 232 valence electrons. The van der Waals surface area contributed by atoms with Gasteiger partial charge in [0.15, 0.2) is 0 Å². The predicted molar refractivity (Wildman–Crippen MR) is 210 cm³/mol. The van der Waals surface area contributed by atoms with E-state index in [0.29, 0.717) is 0 Å². The van der Waals surface area contributed by atoms with E-state index < -0.39 is 0 Å². The van der Waals surface area contributed by atoms with Gasteiger partial charge in [0.1, 0.15) is 0 Å². The van der Waals surface area contributed by atoms with Crippen molar-refractivity contribution >= 4 is 72.2 Å². The first kappa shape index (κ1) is 30.7. The molecule has 0 aliphatic carbocycles. The van der Waals surface area contributed by atoms with Crippen LogP contribution in [0.25, 0.3) is 85.4 Å². The summed E-state index contributed by atoms with van der Waals surface area (Å²) < 4.78 is 2.41. The Morgan fingerprint density at radius 1 is 0.429 bits per heavy atom. The fraction of sp³-hybridized carbons (Fsp3) is 0. The number of aromatic nitrogens is 4. The summed E-state index contributed by atoms with van der Waals surface area (Å²) in [6.45, 7) is 0. The first-order valence-electron chi connectivity index (χ1n) is 16.2. The number of aromatic amines is 1. The van der Waals surface area contributed by atoms with Crippen molar-refractivity contribution in [2.24, 2.45) is 0 Å². The van der Waals surface area contributed by atoms with Crippen molar-refractivity contribution in [1.82, 2.24) is 19.5 Å². The third kappa shape index (κ3) is 5.77. The van der Waals surface area contributed by atoms with Crippen molar-refractivity contribution in [3.05, 3.63) is 174 Å². The summed E-state index contributed by atoms with van der Waals surface area (Å²) >= 11 is 0. The minimum atomic E-state index is 0. The molecule has 0 fully saturated rings. The van der Waals surface area contributed by atoms with E-state index in [-0.39, 0.29) is 25.8 Å². The normalized spacial score (nSPS) is 11.8. The Morgan fingerprint density at radius 3 is 1.49 bits per heavy atom. The number of rotatable bonds is 4. The summed E-state index contributed by atoms with van der Waals surface area (Å²) in [6, 6.07) is 53.3. The second-order valence-electron chi connectivity index (χ2n) is 12.0. The van der Waals surface area contributed by atoms with Gasteiger partial charge in [-0.25, -0.2) is 9.97 Å². The molecule has 8 bridgehead atoms. The van der Waals surface area contributed by atoms with E-state index in [1.165, 1.54) is 0 Å². The topological polar surface area (TPSA) is 46.5 Å². The molecule has 49 heavy (non-hydrogen) atoms. The van der Waals surface area contributed by atoms with Gasteiger partial charge in [-0.3, -0.25) is 0 Å². The van der Waals surface area contributed by atoms with Crippen LogP contribution in [-0.2, 0) is 0 Å². The Hall–Kier alpha value is -5.65. The summed E-state index contributed by atoms with van der Waals surface area (Å²) in [7, 11) is 0. The number of fused-ring (bicyclic) bond motifs is 8. The van der Waals surface area contributed by atoms with E-state index in [1.54, 1.807) is 0 Å². The molecule has 0 atom stereocenters. The average molecular weight is 733 g/mol. The summed E-state index contributed by atoms with van der Waals surface area (Å²) in [4.78, 5) is 13.9. The number of benzene rings is 4. The van der Waals surface area contributed by atoms with E-state index in [9.17, 15) is 0 Å². The molecule has 0 spiro atoms. The van der Waals surface area contributed by atoms with E-state index in [1.807, 2.05) is 0 Å². The van der Waals surface area contributed by atoms with Gasteiger partial charge >= 0.3 is 25.8 Å². The van der Waals surface area contributed by atoms with Gasteiger partial charge in [-0.15, -0.1) is 0 Å². The fourth-order valence-electron chi connectivity index (χ4n) is 6.81. The molecule has 7 aromatic rings. The van der Waals surface area contributed by atoms with E-state index in [2.05, 4.69) is 186 Å². The minimum absolute atomic E-state index is 0. The molecule has 5 heteroatoms. The van der Waals surface area contributed by atoms with Crippen LogP contribution >= 0.6 is 0 Å². The molecule has 2 aliphatic heterocycles. The number of hydrogen-bond acceptors (Lipinski definition) is 2. The van der Waals surface area contributed by atoms with Gasteiger partial charge in [0.05, 0.1) is 33.8 Å². The monoisotopic (exact) mass is 732 g/mol. The van der Waals surface area contributed by atoms with Gasteiger partial charge in [0.2, 0.25) is 0 Å². The molecule has 0 saturated carbocycles. The molecule has 3 aromatic heterocycles. The predicted octanol–water partition coefficient (Wildman–Crippen LogP) is 9.94. The molecular weight excluding hydrogens is 699 g/mol. The zero-order valence-electron chi connectivity index (χ0n) is 26.1. The summed E-state index contributed by atoms with van der Waals surface area (Å²) in [5.74, 6) is 0. The molecule has 0 saturated heterocycles. The van der Waals surface area contributed by atoms with Crippen LogP contribution in [0.4, 0.5) is 0 Å². The first-order chi connectivity index (χ1) is 23.8. The zero-order chi connectivity index (χ0) is 31.9. The van der Waals surface area contributed by atoms with Crippen molar-refractivity contribution in [3.8, 4) is 39.1 Å². The Balaban J connectivity index is 0.00000348.